The van der Waals surface area contributed by atoms with Crippen molar-refractivity contribution in [2.45, 2.75) is 6.42 Å². The third-order valence-corrected chi connectivity index (χ3v) is 2.16. The Hall–Kier alpha value is -0.110. The molecule has 1 fully saturated rings. The summed E-state index contributed by atoms with van der Waals surface area (Å²) in [5.74, 6) is 2.43. The minimum Gasteiger partial charge on any atom is -0.405 e. The van der Waals surface area contributed by atoms with E-state index in [4.69, 9.17) is 5.73 Å². The Morgan fingerprint density at radius 1 is 1.71 bits per heavy atom. The molecule has 0 saturated carbocycles. The lowest BCUT2D eigenvalue weighted by molar-refractivity contribution is 1.15. The molecule has 2 heteroatoms. The number of thioether (sulfide) groups is 1. The summed E-state index contributed by atoms with van der Waals surface area (Å²) in [6, 6.07) is 0. The molecule has 1 rings (SSSR count). The van der Waals surface area contributed by atoms with Crippen molar-refractivity contribution < 1.29 is 0 Å². The molecule has 0 aromatic heterocycles. The fourth-order valence-corrected chi connectivity index (χ4v) is 1.66. The summed E-state index contributed by atoms with van der Waals surface area (Å²) in [6.07, 6.45) is 2.95. The van der Waals surface area contributed by atoms with E-state index in [-0.39, 0.29) is 0 Å². The average molecular weight is 115 g/mol. The molecule has 1 heterocycles. The summed E-state index contributed by atoms with van der Waals surface area (Å²) in [5, 5.41) is 0. The molecule has 0 unspecified atom stereocenters. The van der Waals surface area contributed by atoms with Crippen molar-refractivity contribution in [3.8, 4) is 0 Å². The quantitative estimate of drug-likeness (QED) is 0.509. The summed E-state index contributed by atoms with van der Waals surface area (Å²) in [6.45, 7) is 0. The summed E-state index contributed by atoms with van der Waals surface area (Å²) in [5.41, 5.74) is 6.67. The van der Waals surface area contributed by atoms with Crippen LogP contribution in [0, 0.1) is 0 Å². The van der Waals surface area contributed by atoms with Gasteiger partial charge in [-0.2, -0.15) is 11.8 Å². The van der Waals surface area contributed by atoms with E-state index < -0.39 is 0 Å². The normalized spacial score (nSPS) is 26.6. The third-order valence-electron chi connectivity index (χ3n) is 1.09. The van der Waals surface area contributed by atoms with Gasteiger partial charge in [-0.25, -0.2) is 0 Å². The van der Waals surface area contributed by atoms with Crippen LogP contribution in [0.5, 0.6) is 0 Å². The van der Waals surface area contributed by atoms with E-state index in [1.54, 1.807) is 6.20 Å². The first-order valence-electron chi connectivity index (χ1n) is 2.41. The molecule has 1 aliphatic rings. The van der Waals surface area contributed by atoms with Crippen molar-refractivity contribution >= 4 is 11.8 Å². The van der Waals surface area contributed by atoms with Gasteiger partial charge in [0.25, 0.3) is 0 Å². The Morgan fingerprint density at radius 3 is 2.86 bits per heavy atom. The highest BCUT2D eigenvalue weighted by Crippen LogP contribution is 2.20. The predicted octanol–water partition coefficient (Wildman–Crippen LogP) is 0.966. The standard InChI is InChI=1S/C5H9NS/c6-3-5-1-2-7-4-5/h3H,1-2,4,6H2/b5-3+. The van der Waals surface area contributed by atoms with Crippen LogP contribution < -0.4 is 5.73 Å². The van der Waals surface area contributed by atoms with Gasteiger partial charge in [0.15, 0.2) is 0 Å². The maximum Gasteiger partial charge on any atom is 0.0160 e. The lowest BCUT2D eigenvalue weighted by Gasteiger charge is -1.84. The van der Waals surface area contributed by atoms with E-state index in [1.165, 1.54) is 17.7 Å². The first kappa shape index (κ1) is 5.04. The van der Waals surface area contributed by atoms with E-state index in [9.17, 15) is 0 Å². The van der Waals surface area contributed by atoms with Gasteiger partial charge >= 0.3 is 0 Å². The smallest absolute Gasteiger partial charge is 0.0160 e. The Balaban J connectivity index is 2.41. The van der Waals surface area contributed by atoms with Crippen LogP contribution in [0.4, 0.5) is 0 Å². The molecule has 0 spiro atoms. The van der Waals surface area contributed by atoms with Gasteiger partial charge < -0.3 is 5.73 Å². The van der Waals surface area contributed by atoms with E-state index in [0.29, 0.717) is 0 Å². The zero-order chi connectivity index (χ0) is 5.11. The maximum atomic E-state index is 5.26. The molecule has 1 nitrogen and oxygen atoms in total. The van der Waals surface area contributed by atoms with Gasteiger partial charge in [-0.15, -0.1) is 0 Å². The molecule has 0 atom stereocenters. The lowest BCUT2D eigenvalue weighted by Crippen LogP contribution is -1.84. The van der Waals surface area contributed by atoms with Crippen molar-refractivity contribution in [3.05, 3.63) is 11.8 Å². The second-order valence-electron chi connectivity index (χ2n) is 1.63. The summed E-state index contributed by atoms with van der Waals surface area (Å²) >= 11 is 1.96. The summed E-state index contributed by atoms with van der Waals surface area (Å²) < 4.78 is 0. The second-order valence-corrected chi connectivity index (χ2v) is 2.73. The van der Waals surface area contributed by atoms with Crippen LogP contribution in [0.1, 0.15) is 6.42 Å². The maximum absolute atomic E-state index is 5.26. The van der Waals surface area contributed by atoms with Crippen LogP contribution in [0.15, 0.2) is 11.8 Å². The number of hydrogen-bond donors (Lipinski definition) is 1. The molecule has 0 radical (unpaired) electrons. The van der Waals surface area contributed by atoms with Crippen LogP contribution in [0.25, 0.3) is 0 Å². The van der Waals surface area contributed by atoms with Gasteiger partial charge in [0.2, 0.25) is 0 Å². The molecule has 1 saturated heterocycles. The van der Waals surface area contributed by atoms with Crippen LogP contribution in [-0.2, 0) is 0 Å². The van der Waals surface area contributed by atoms with Crippen LogP contribution in [0.3, 0.4) is 0 Å². The lowest BCUT2D eigenvalue weighted by atomic mass is 10.3. The second kappa shape index (κ2) is 2.26. The van der Waals surface area contributed by atoms with Gasteiger partial charge in [-0.05, 0) is 23.9 Å². The van der Waals surface area contributed by atoms with E-state index in [1.807, 2.05) is 11.8 Å². The van der Waals surface area contributed by atoms with Crippen LogP contribution >= 0.6 is 11.8 Å². The molecular weight excluding hydrogens is 106 g/mol. The van der Waals surface area contributed by atoms with Crippen molar-refractivity contribution in [1.29, 1.82) is 0 Å². The highest BCUT2D eigenvalue weighted by molar-refractivity contribution is 7.99. The molecule has 2 N–H and O–H groups in total. The number of nitrogens with two attached hydrogens (primary N) is 1. The molecule has 0 aromatic carbocycles. The van der Waals surface area contributed by atoms with Crippen LogP contribution in [-0.4, -0.2) is 11.5 Å². The topological polar surface area (TPSA) is 26.0 Å². The number of hydrogen-bond acceptors (Lipinski definition) is 2. The van der Waals surface area contributed by atoms with Crippen molar-refractivity contribution in [2.75, 3.05) is 11.5 Å². The molecule has 0 bridgehead atoms. The molecule has 40 valence electrons. The average Bonchev–Trinajstić information content (AvgIpc) is 2.14. The Morgan fingerprint density at radius 2 is 2.57 bits per heavy atom. The molecule has 0 aromatic rings. The van der Waals surface area contributed by atoms with Crippen molar-refractivity contribution in [2.24, 2.45) is 5.73 Å². The minimum absolute atomic E-state index is 1.16. The van der Waals surface area contributed by atoms with E-state index >= 15 is 0 Å². The van der Waals surface area contributed by atoms with Gasteiger partial charge in [0.05, 0.1) is 0 Å². The van der Waals surface area contributed by atoms with E-state index in [2.05, 4.69) is 0 Å². The molecule has 0 aliphatic carbocycles. The first-order chi connectivity index (χ1) is 3.43. The molecule has 1 aliphatic heterocycles. The van der Waals surface area contributed by atoms with Crippen molar-refractivity contribution in [3.63, 3.8) is 0 Å². The van der Waals surface area contributed by atoms with Crippen molar-refractivity contribution in [1.82, 2.24) is 0 Å². The largest absolute Gasteiger partial charge is 0.405 e. The Bertz CT molecular complexity index is 80.1. The SMILES string of the molecule is N/C=C1\CCSC1. The zero-order valence-electron chi connectivity index (χ0n) is 4.18. The first-order valence-corrected chi connectivity index (χ1v) is 3.56. The third kappa shape index (κ3) is 1.13. The fraction of sp³-hybridized carbons (Fsp3) is 0.600. The van der Waals surface area contributed by atoms with Crippen LogP contribution in [0.2, 0.25) is 0 Å². The zero-order valence-corrected chi connectivity index (χ0v) is 5.00. The predicted molar refractivity (Wildman–Crippen MR) is 34.2 cm³/mol. The monoisotopic (exact) mass is 115 g/mol. The molecular formula is C5H9NS. The number of rotatable bonds is 0. The Kier molecular flexibility index (Phi) is 1.63. The fourth-order valence-electron chi connectivity index (χ4n) is 0.610. The van der Waals surface area contributed by atoms with Gasteiger partial charge in [-0.3, -0.25) is 0 Å². The summed E-state index contributed by atoms with van der Waals surface area (Å²) in [4.78, 5) is 0. The van der Waals surface area contributed by atoms with Gasteiger partial charge in [-0.1, -0.05) is 0 Å². The highest BCUT2D eigenvalue weighted by Gasteiger charge is 2.03. The Labute approximate surface area is 48.0 Å². The summed E-state index contributed by atoms with van der Waals surface area (Å²) in [7, 11) is 0. The minimum atomic E-state index is 1.16. The highest BCUT2D eigenvalue weighted by atomic mass is 32.2. The van der Waals surface area contributed by atoms with Gasteiger partial charge in [0.1, 0.15) is 0 Å². The van der Waals surface area contributed by atoms with E-state index in [0.717, 1.165) is 5.75 Å². The molecule has 0 amide bonds. The van der Waals surface area contributed by atoms with Gasteiger partial charge in [0, 0.05) is 5.75 Å². The molecule has 7 heavy (non-hydrogen) atoms.